The Morgan fingerprint density at radius 1 is 1.27 bits per heavy atom. The molecule has 2 rings (SSSR count). The first-order valence-electron chi connectivity index (χ1n) is 3.01. The maximum Gasteiger partial charge on any atom is 0.134 e. The van der Waals surface area contributed by atoms with Crippen molar-refractivity contribution < 1.29 is 0 Å². The van der Waals surface area contributed by atoms with Gasteiger partial charge >= 0.3 is 0 Å². The Labute approximate surface area is 80.9 Å². The molecule has 0 unspecified atom stereocenters. The van der Waals surface area contributed by atoms with E-state index in [0.29, 0.717) is 0 Å². The van der Waals surface area contributed by atoms with Crippen LogP contribution in [0.3, 0.4) is 0 Å². The molecule has 0 saturated heterocycles. The van der Waals surface area contributed by atoms with Crippen molar-refractivity contribution in [3.05, 3.63) is 27.5 Å². The molecule has 0 bridgehead atoms. The third-order valence-corrected chi connectivity index (χ3v) is 4.01. The quantitative estimate of drug-likeness (QED) is 0.748. The Balaban J connectivity index is 2.53. The molecule has 2 aromatic heterocycles. The minimum Gasteiger partial charge on any atom is -0.244 e. The van der Waals surface area contributed by atoms with Crippen molar-refractivity contribution in [2.45, 2.75) is 0 Å². The minimum atomic E-state index is 1.09. The lowest BCUT2D eigenvalue weighted by Crippen LogP contribution is -1.66. The lowest BCUT2D eigenvalue weighted by Gasteiger charge is -1.88. The van der Waals surface area contributed by atoms with Crippen molar-refractivity contribution >= 4 is 38.6 Å². The Morgan fingerprint density at radius 3 is 2.73 bits per heavy atom. The standard InChI is InChI=1S/C7H4BrNS2/c8-5-1-3-10-6(5)7-9-2-4-11-7/h1-4H. The molecule has 4 heteroatoms. The fraction of sp³-hybridized carbons (Fsp3) is 0. The van der Waals surface area contributed by atoms with Crippen LogP contribution in [-0.4, -0.2) is 4.98 Å². The topological polar surface area (TPSA) is 12.9 Å². The summed E-state index contributed by atoms with van der Waals surface area (Å²) in [5.74, 6) is 0. The van der Waals surface area contributed by atoms with E-state index in [1.165, 1.54) is 4.88 Å². The van der Waals surface area contributed by atoms with Gasteiger partial charge in [-0.05, 0) is 27.4 Å². The molecule has 0 atom stereocenters. The molecule has 0 N–H and O–H groups in total. The van der Waals surface area contributed by atoms with Crippen molar-refractivity contribution in [3.63, 3.8) is 0 Å². The van der Waals surface area contributed by atoms with Gasteiger partial charge in [-0.2, -0.15) is 0 Å². The summed E-state index contributed by atoms with van der Waals surface area (Å²) in [5, 5.41) is 5.13. The van der Waals surface area contributed by atoms with Gasteiger partial charge in [0.25, 0.3) is 0 Å². The normalized spacial score (nSPS) is 10.3. The van der Waals surface area contributed by atoms with Gasteiger partial charge in [0.05, 0.1) is 4.88 Å². The average Bonchev–Trinajstić information content (AvgIpc) is 2.55. The fourth-order valence-electron chi connectivity index (χ4n) is 0.782. The number of hydrogen-bond donors (Lipinski definition) is 0. The zero-order valence-corrected chi connectivity index (χ0v) is 8.67. The Bertz CT molecular complexity index is 339. The molecule has 56 valence electrons. The number of thiophene rings is 1. The van der Waals surface area contributed by atoms with Crippen molar-refractivity contribution in [2.24, 2.45) is 0 Å². The van der Waals surface area contributed by atoms with Crippen LogP contribution < -0.4 is 0 Å². The van der Waals surface area contributed by atoms with Crippen molar-refractivity contribution in [3.8, 4) is 9.88 Å². The van der Waals surface area contributed by atoms with Crippen LogP contribution in [0.5, 0.6) is 0 Å². The molecule has 0 fully saturated rings. The van der Waals surface area contributed by atoms with Gasteiger partial charge in [-0.3, -0.25) is 0 Å². The van der Waals surface area contributed by atoms with Crippen LogP contribution in [0, 0.1) is 0 Å². The summed E-state index contributed by atoms with van der Waals surface area (Å²) in [6.07, 6.45) is 1.83. The molecule has 0 aliphatic rings. The summed E-state index contributed by atoms with van der Waals surface area (Å²) in [6, 6.07) is 2.04. The second kappa shape index (κ2) is 3.05. The van der Waals surface area contributed by atoms with E-state index < -0.39 is 0 Å². The summed E-state index contributed by atoms with van der Waals surface area (Å²) in [4.78, 5) is 5.44. The average molecular weight is 246 g/mol. The SMILES string of the molecule is Brc1ccsc1-c1nccs1. The van der Waals surface area contributed by atoms with Crippen LogP contribution in [0.25, 0.3) is 9.88 Å². The fourth-order valence-corrected chi connectivity index (χ4v) is 3.24. The zero-order valence-electron chi connectivity index (χ0n) is 5.45. The molecule has 11 heavy (non-hydrogen) atoms. The molecule has 0 aliphatic carbocycles. The van der Waals surface area contributed by atoms with E-state index >= 15 is 0 Å². The molecule has 0 amide bonds. The van der Waals surface area contributed by atoms with E-state index in [1.54, 1.807) is 22.7 Å². The minimum absolute atomic E-state index is 1.09. The summed E-state index contributed by atoms with van der Waals surface area (Å²) < 4.78 is 1.14. The molecule has 0 aromatic carbocycles. The summed E-state index contributed by atoms with van der Waals surface area (Å²) in [5.41, 5.74) is 0. The van der Waals surface area contributed by atoms with Crippen LogP contribution in [0.15, 0.2) is 27.5 Å². The van der Waals surface area contributed by atoms with Gasteiger partial charge in [-0.25, -0.2) is 4.98 Å². The highest BCUT2D eigenvalue weighted by atomic mass is 79.9. The maximum absolute atomic E-state index is 4.22. The summed E-state index contributed by atoms with van der Waals surface area (Å²) in [7, 11) is 0. The highest BCUT2D eigenvalue weighted by molar-refractivity contribution is 9.10. The first kappa shape index (κ1) is 7.46. The molecule has 1 nitrogen and oxygen atoms in total. The number of nitrogens with zero attached hydrogens (tertiary/aromatic N) is 1. The molecular weight excluding hydrogens is 242 g/mol. The Kier molecular flexibility index (Phi) is 2.07. The van der Waals surface area contributed by atoms with E-state index in [0.717, 1.165) is 9.48 Å². The lowest BCUT2D eigenvalue weighted by molar-refractivity contribution is 1.43. The van der Waals surface area contributed by atoms with Gasteiger partial charge in [0, 0.05) is 16.0 Å². The number of halogens is 1. The maximum atomic E-state index is 4.22. The molecule has 0 aliphatic heterocycles. The van der Waals surface area contributed by atoms with Gasteiger partial charge in [-0.1, -0.05) is 0 Å². The molecule has 0 spiro atoms. The van der Waals surface area contributed by atoms with E-state index in [9.17, 15) is 0 Å². The van der Waals surface area contributed by atoms with Crippen molar-refractivity contribution in [1.29, 1.82) is 0 Å². The van der Waals surface area contributed by atoms with Gasteiger partial charge in [-0.15, -0.1) is 22.7 Å². The third kappa shape index (κ3) is 1.38. The highest BCUT2D eigenvalue weighted by Crippen LogP contribution is 2.34. The molecule has 2 aromatic rings. The first-order valence-corrected chi connectivity index (χ1v) is 5.56. The van der Waals surface area contributed by atoms with Crippen LogP contribution in [0.2, 0.25) is 0 Å². The van der Waals surface area contributed by atoms with Gasteiger partial charge in [0.2, 0.25) is 0 Å². The smallest absolute Gasteiger partial charge is 0.134 e. The van der Waals surface area contributed by atoms with E-state index in [1.807, 2.05) is 17.6 Å². The largest absolute Gasteiger partial charge is 0.244 e. The summed E-state index contributed by atoms with van der Waals surface area (Å²) >= 11 is 6.84. The van der Waals surface area contributed by atoms with Crippen molar-refractivity contribution in [2.75, 3.05) is 0 Å². The molecular formula is C7H4BrNS2. The second-order valence-electron chi connectivity index (χ2n) is 1.93. The van der Waals surface area contributed by atoms with Gasteiger partial charge in [0.1, 0.15) is 5.01 Å². The Morgan fingerprint density at radius 2 is 2.18 bits per heavy atom. The first-order chi connectivity index (χ1) is 5.38. The Hall–Kier alpha value is -0.190. The lowest BCUT2D eigenvalue weighted by atomic mass is 10.5. The number of thiazole rings is 1. The summed E-state index contributed by atoms with van der Waals surface area (Å²) in [6.45, 7) is 0. The zero-order chi connectivity index (χ0) is 7.68. The van der Waals surface area contributed by atoms with Crippen molar-refractivity contribution in [1.82, 2.24) is 4.98 Å². The number of aromatic nitrogens is 1. The van der Waals surface area contributed by atoms with E-state index in [2.05, 4.69) is 26.3 Å². The van der Waals surface area contributed by atoms with Crippen LogP contribution in [0.1, 0.15) is 0 Å². The van der Waals surface area contributed by atoms with Crippen LogP contribution in [0.4, 0.5) is 0 Å². The highest BCUT2D eigenvalue weighted by Gasteiger charge is 2.05. The van der Waals surface area contributed by atoms with Gasteiger partial charge < -0.3 is 0 Å². The molecule has 2 heterocycles. The second-order valence-corrected chi connectivity index (χ2v) is 4.60. The van der Waals surface area contributed by atoms with Gasteiger partial charge in [0.15, 0.2) is 0 Å². The predicted molar refractivity (Wildman–Crippen MR) is 53.1 cm³/mol. The molecule has 0 saturated carbocycles. The van der Waals surface area contributed by atoms with Crippen LogP contribution in [-0.2, 0) is 0 Å². The number of hydrogen-bond acceptors (Lipinski definition) is 3. The predicted octanol–water partition coefficient (Wildman–Crippen LogP) is 3.63. The monoisotopic (exact) mass is 245 g/mol. The van der Waals surface area contributed by atoms with E-state index in [-0.39, 0.29) is 0 Å². The van der Waals surface area contributed by atoms with Crippen LogP contribution >= 0.6 is 38.6 Å². The number of rotatable bonds is 1. The molecule has 0 radical (unpaired) electrons. The van der Waals surface area contributed by atoms with E-state index in [4.69, 9.17) is 0 Å². The third-order valence-electron chi connectivity index (χ3n) is 1.24.